The van der Waals surface area contributed by atoms with Crippen LogP contribution in [0, 0.1) is 12.7 Å². The molecule has 0 aliphatic carbocycles. The van der Waals surface area contributed by atoms with E-state index in [1.807, 2.05) is 0 Å². The Kier molecular flexibility index (Phi) is 7.16. The van der Waals surface area contributed by atoms with Crippen molar-refractivity contribution in [1.29, 1.82) is 0 Å². The predicted octanol–water partition coefficient (Wildman–Crippen LogP) is 4.79. The molecule has 0 spiro atoms. The quantitative estimate of drug-likeness (QED) is 0.211. The van der Waals surface area contributed by atoms with Crippen LogP contribution in [0.4, 0.5) is 9.52 Å². The molecule has 2 aromatic carbocycles. The van der Waals surface area contributed by atoms with Crippen LogP contribution < -0.4 is 9.64 Å². The third kappa shape index (κ3) is 4.47. The topological polar surface area (TPSA) is 106 Å². The molecule has 0 radical (unpaired) electrons. The molecule has 0 bridgehead atoms. The average molecular weight is 511 g/mol. The monoisotopic (exact) mass is 510 g/mol. The fourth-order valence-electron chi connectivity index (χ4n) is 3.95. The minimum absolute atomic E-state index is 0.00743. The van der Waals surface area contributed by atoms with Crippen molar-refractivity contribution in [3.05, 3.63) is 81.6 Å². The summed E-state index contributed by atoms with van der Waals surface area (Å²) < 4.78 is 25.6. The average Bonchev–Trinajstić information content (AvgIpc) is 3.36. The first kappa shape index (κ1) is 25.1. The number of benzene rings is 2. The number of rotatable bonds is 7. The second-order valence-electron chi connectivity index (χ2n) is 7.78. The first-order valence-electron chi connectivity index (χ1n) is 11.2. The number of amides is 1. The molecular formula is C26H23FN2O6S. The molecule has 0 saturated carbocycles. The van der Waals surface area contributed by atoms with Gasteiger partial charge in [-0.15, -0.1) is 0 Å². The molecule has 1 aromatic heterocycles. The second kappa shape index (κ2) is 10.3. The molecule has 4 rings (SSSR count). The van der Waals surface area contributed by atoms with E-state index in [0.717, 1.165) is 16.2 Å². The van der Waals surface area contributed by atoms with Gasteiger partial charge in [-0.1, -0.05) is 41.7 Å². The van der Waals surface area contributed by atoms with Crippen LogP contribution in [0.15, 0.2) is 54.1 Å². The van der Waals surface area contributed by atoms with Crippen molar-refractivity contribution in [2.45, 2.75) is 26.8 Å². The van der Waals surface area contributed by atoms with Gasteiger partial charge in [-0.25, -0.2) is 14.2 Å². The number of nitrogens with zero attached hydrogens (tertiary/aromatic N) is 2. The summed E-state index contributed by atoms with van der Waals surface area (Å²) in [4.78, 5) is 44.4. The molecule has 1 saturated heterocycles. The zero-order valence-corrected chi connectivity index (χ0v) is 20.6. The number of ketones is 1. The number of carbonyl (C=O) groups is 3. The minimum atomic E-state index is -1.32. The molecule has 36 heavy (non-hydrogen) atoms. The Morgan fingerprint density at radius 3 is 2.58 bits per heavy atom. The number of Topliss-reactive ketones (excluding diaryl/α,β-unsaturated/α-hetero) is 1. The molecule has 1 amide bonds. The van der Waals surface area contributed by atoms with E-state index < -0.39 is 35.3 Å². The highest BCUT2D eigenvalue weighted by atomic mass is 32.1. The largest absolute Gasteiger partial charge is 0.507 e. The van der Waals surface area contributed by atoms with E-state index in [-0.39, 0.29) is 33.3 Å². The van der Waals surface area contributed by atoms with E-state index in [4.69, 9.17) is 9.47 Å². The number of aromatic nitrogens is 1. The Hall–Kier alpha value is -4.05. The number of hydrogen-bond acceptors (Lipinski definition) is 8. The fourth-order valence-corrected chi connectivity index (χ4v) is 4.93. The number of esters is 1. The lowest BCUT2D eigenvalue weighted by Gasteiger charge is -2.23. The lowest BCUT2D eigenvalue weighted by atomic mass is 9.95. The number of thiazole rings is 1. The molecular weight excluding hydrogens is 487 g/mol. The number of halogens is 1. The third-order valence-corrected chi connectivity index (χ3v) is 6.65. The van der Waals surface area contributed by atoms with Crippen LogP contribution >= 0.6 is 11.3 Å². The SMILES string of the molecule is CCOC(=O)c1sc(N2C(=O)C(=O)/C(=C(/O)c3cccc(OCC)c3)C2c2ccccc2F)nc1C. The highest BCUT2D eigenvalue weighted by Gasteiger charge is 2.49. The molecule has 1 aliphatic rings. The van der Waals surface area contributed by atoms with Crippen molar-refractivity contribution < 1.29 is 33.4 Å². The standard InChI is InChI=1S/C26H23FN2O6S/c1-4-34-16-10-8-9-15(13-16)21(30)19-20(17-11-6-7-12-18(17)27)29(24(32)22(19)31)26-28-14(3)23(36-26)25(33)35-5-2/h6-13,20,30H,4-5H2,1-3H3/b21-19+. The van der Waals surface area contributed by atoms with Gasteiger partial charge in [-0.2, -0.15) is 0 Å². The highest BCUT2D eigenvalue weighted by molar-refractivity contribution is 7.17. The van der Waals surface area contributed by atoms with E-state index in [9.17, 15) is 19.5 Å². The van der Waals surface area contributed by atoms with Gasteiger partial charge in [-0.05, 0) is 39.0 Å². The third-order valence-electron chi connectivity index (χ3n) is 5.51. The maximum absolute atomic E-state index is 15.0. The van der Waals surface area contributed by atoms with Gasteiger partial charge >= 0.3 is 11.9 Å². The zero-order chi connectivity index (χ0) is 26.0. The maximum Gasteiger partial charge on any atom is 0.350 e. The summed E-state index contributed by atoms with van der Waals surface area (Å²) in [6, 6.07) is 10.7. The molecule has 3 aromatic rings. The minimum Gasteiger partial charge on any atom is -0.507 e. The summed E-state index contributed by atoms with van der Waals surface area (Å²) in [6.45, 7) is 5.56. The van der Waals surface area contributed by atoms with Gasteiger partial charge < -0.3 is 14.6 Å². The molecule has 1 unspecified atom stereocenters. The van der Waals surface area contributed by atoms with Gasteiger partial charge in [0.25, 0.3) is 5.78 Å². The normalized spacial score (nSPS) is 16.9. The van der Waals surface area contributed by atoms with Gasteiger partial charge in [0.15, 0.2) is 5.13 Å². The lowest BCUT2D eigenvalue weighted by Crippen LogP contribution is -2.29. The summed E-state index contributed by atoms with van der Waals surface area (Å²) in [7, 11) is 0. The van der Waals surface area contributed by atoms with Crippen molar-refractivity contribution in [3.63, 3.8) is 0 Å². The van der Waals surface area contributed by atoms with Crippen LogP contribution in [0.1, 0.15) is 46.4 Å². The van der Waals surface area contributed by atoms with Crippen LogP contribution in [0.3, 0.4) is 0 Å². The van der Waals surface area contributed by atoms with Crippen LogP contribution in [0.2, 0.25) is 0 Å². The number of hydrogen-bond donors (Lipinski definition) is 1. The number of carbonyl (C=O) groups excluding carboxylic acids is 3. The maximum atomic E-state index is 15.0. The molecule has 8 nitrogen and oxygen atoms in total. The zero-order valence-electron chi connectivity index (χ0n) is 19.8. The smallest absolute Gasteiger partial charge is 0.350 e. The van der Waals surface area contributed by atoms with Gasteiger partial charge in [0.2, 0.25) is 0 Å². The van der Waals surface area contributed by atoms with Crippen molar-refractivity contribution in [3.8, 4) is 5.75 Å². The summed E-state index contributed by atoms with van der Waals surface area (Å²) in [5, 5.41) is 11.2. The van der Waals surface area contributed by atoms with Gasteiger partial charge in [0.05, 0.1) is 24.5 Å². The van der Waals surface area contributed by atoms with Crippen molar-refractivity contribution >= 4 is 39.9 Å². The number of aliphatic hydroxyl groups excluding tert-OH is 1. The van der Waals surface area contributed by atoms with Crippen LogP contribution in [0.25, 0.3) is 5.76 Å². The predicted molar refractivity (Wildman–Crippen MR) is 132 cm³/mol. The summed E-state index contributed by atoms with van der Waals surface area (Å²) in [5.74, 6) is -3.34. The van der Waals surface area contributed by atoms with E-state index >= 15 is 4.39 Å². The van der Waals surface area contributed by atoms with E-state index in [1.54, 1.807) is 45.0 Å². The van der Waals surface area contributed by atoms with Crippen LogP contribution in [-0.2, 0) is 14.3 Å². The summed E-state index contributed by atoms with van der Waals surface area (Å²) in [5.41, 5.74) is 0.212. The Morgan fingerprint density at radius 1 is 1.14 bits per heavy atom. The molecule has 1 atom stereocenters. The van der Waals surface area contributed by atoms with Crippen molar-refractivity contribution in [2.75, 3.05) is 18.1 Å². The molecule has 186 valence electrons. The fraction of sp³-hybridized carbons (Fsp3) is 0.231. The van der Waals surface area contributed by atoms with Crippen molar-refractivity contribution in [1.82, 2.24) is 4.98 Å². The van der Waals surface area contributed by atoms with Crippen LogP contribution in [-0.4, -0.2) is 41.0 Å². The first-order chi connectivity index (χ1) is 17.3. The van der Waals surface area contributed by atoms with Crippen LogP contribution in [0.5, 0.6) is 5.75 Å². The lowest BCUT2D eigenvalue weighted by molar-refractivity contribution is -0.132. The van der Waals surface area contributed by atoms with E-state index in [1.165, 1.54) is 24.3 Å². The van der Waals surface area contributed by atoms with Crippen molar-refractivity contribution in [2.24, 2.45) is 0 Å². The first-order valence-corrected chi connectivity index (χ1v) is 12.0. The summed E-state index contributed by atoms with van der Waals surface area (Å²) >= 11 is 0.854. The van der Waals surface area contributed by atoms with E-state index in [2.05, 4.69) is 4.98 Å². The van der Waals surface area contributed by atoms with Gasteiger partial charge in [0, 0.05) is 11.1 Å². The molecule has 1 N–H and O–H groups in total. The molecule has 1 fully saturated rings. The Morgan fingerprint density at radius 2 is 1.89 bits per heavy atom. The summed E-state index contributed by atoms with van der Waals surface area (Å²) in [6.07, 6.45) is 0. The second-order valence-corrected chi connectivity index (χ2v) is 8.76. The number of ether oxygens (including phenoxy) is 2. The Labute approximate surface area is 210 Å². The van der Waals surface area contributed by atoms with Gasteiger partial charge in [-0.3, -0.25) is 14.5 Å². The van der Waals surface area contributed by atoms with Gasteiger partial charge in [0.1, 0.15) is 28.2 Å². The number of aryl methyl sites for hydroxylation is 1. The Balaban J connectivity index is 1.92. The number of aliphatic hydroxyl groups is 1. The molecule has 1 aliphatic heterocycles. The number of anilines is 1. The van der Waals surface area contributed by atoms with E-state index in [0.29, 0.717) is 18.1 Å². The Bertz CT molecular complexity index is 1380. The molecule has 10 heteroatoms. The highest BCUT2D eigenvalue weighted by Crippen LogP contribution is 2.44. The molecule has 2 heterocycles.